The molecule has 0 saturated carbocycles. The van der Waals surface area contributed by atoms with Crippen molar-refractivity contribution in [2.75, 3.05) is 0 Å². The van der Waals surface area contributed by atoms with Gasteiger partial charge in [-0.15, -0.1) is 0 Å². The molecule has 0 atom stereocenters. The molecule has 0 saturated heterocycles. The lowest BCUT2D eigenvalue weighted by Gasteiger charge is -2.11. The Labute approximate surface area is 291 Å². The Bertz CT molecular complexity index is 3060. The highest BCUT2D eigenvalue weighted by molar-refractivity contribution is 6.35. The maximum atomic E-state index is 6.50. The summed E-state index contributed by atoms with van der Waals surface area (Å²) in [4.78, 5) is 15.4. The van der Waals surface area contributed by atoms with Crippen LogP contribution in [0.15, 0.2) is 168 Å². The number of aromatic nitrogens is 5. The molecule has 0 spiro atoms. The van der Waals surface area contributed by atoms with Gasteiger partial charge in [-0.1, -0.05) is 115 Å². The number of rotatable bonds is 4. The molecule has 4 aromatic heterocycles. The molecule has 0 bridgehead atoms. The lowest BCUT2D eigenvalue weighted by atomic mass is 10.0. The van der Waals surface area contributed by atoms with E-state index < -0.39 is 0 Å². The number of para-hydroxylation sites is 3. The summed E-state index contributed by atoms with van der Waals surface area (Å²) in [6.45, 7) is 0. The van der Waals surface area contributed by atoms with Gasteiger partial charge < -0.3 is 8.98 Å². The van der Waals surface area contributed by atoms with Gasteiger partial charge in [-0.25, -0.2) is 4.98 Å². The second-order valence-electron chi connectivity index (χ2n) is 12.8. The van der Waals surface area contributed by atoms with Crippen LogP contribution in [-0.4, -0.2) is 24.1 Å². The first-order valence-corrected chi connectivity index (χ1v) is 17.0. The first-order chi connectivity index (χ1) is 25.3. The molecule has 0 amide bonds. The summed E-state index contributed by atoms with van der Waals surface area (Å²) in [7, 11) is 0. The zero-order valence-electron chi connectivity index (χ0n) is 27.2. The summed E-state index contributed by atoms with van der Waals surface area (Å²) in [6.07, 6.45) is 0. The van der Waals surface area contributed by atoms with Gasteiger partial charge in [0.15, 0.2) is 11.6 Å². The average molecular weight is 654 g/mol. The van der Waals surface area contributed by atoms with E-state index in [-0.39, 0.29) is 0 Å². The number of nitrogens with zero attached hydrogens (tertiary/aromatic N) is 5. The summed E-state index contributed by atoms with van der Waals surface area (Å²) in [5, 5.41) is 6.75. The number of fused-ring (bicyclic) bond motifs is 11. The van der Waals surface area contributed by atoms with Crippen LogP contribution in [0.1, 0.15) is 0 Å². The molecule has 4 heterocycles. The van der Waals surface area contributed by atoms with Crippen molar-refractivity contribution in [3.8, 4) is 34.4 Å². The van der Waals surface area contributed by atoms with Crippen molar-refractivity contribution in [1.29, 1.82) is 0 Å². The van der Waals surface area contributed by atoms with Crippen molar-refractivity contribution in [2.24, 2.45) is 0 Å². The van der Waals surface area contributed by atoms with Gasteiger partial charge in [-0.05, 0) is 48.5 Å². The minimum Gasteiger partial charge on any atom is -0.456 e. The molecular weight excluding hydrogens is 627 g/mol. The summed E-state index contributed by atoms with van der Waals surface area (Å²) in [5.74, 6) is 1.79. The summed E-state index contributed by atoms with van der Waals surface area (Å²) >= 11 is 0. The van der Waals surface area contributed by atoms with Crippen molar-refractivity contribution in [3.05, 3.63) is 164 Å². The normalized spacial score (nSPS) is 11.9. The smallest absolute Gasteiger partial charge is 0.238 e. The van der Waals surface area contributed by atoms with Crippen LogP contribution in [0.4, 0.5) is 0 Å². The second-order valence-corrected chi connectivity index (χ2v) is 12.8. The topological polar surface area (TPSA) is 61.7 Å². The number of furan rings is 1. The molecule has 0 aliphatic carbocycles. The zero-order valence-corrected chi connectivity index (χ0v) is 27.2. The molecule has 51 heavy (non-hydrogen) atoms. The lowest BCUT2D eigenvalue weighted by Crippen LogP contribution is -2.06. The molecule has 0 fully saturated rings. The van der Waals surface area contributed by atoms with Crippen molar-refractivity contribution >= 4 is 65.6 Å². The molecule has 6 nitrogen and oxygen atoms in total. The Morgan fingerprint density at radius 1 is 0.353 bits per heavy atom. The minimum atomic E-state index is 0.556. The molecule has 0 radical (unpaired) electrons. The third kappa shape index (κ3) is 4.07. The molecule has 0 aliphatic rings. The zero-order chi connectivity index (χ0) is 33.5. The average Bonchev–Trinajstić information content (AvgIpc) is 3.86. The van der Waals surface area contributed by atoms with Crippen molar-refractivity contribution in [3.63, 3.8) is 0 Å². The Kier molecular flexibility index (Phi) is 5.86. The number of benzene rings is 7. The highest BCUT2D eigenvalue weighted by Crippen LogP contribution is 2.46. The Hall–Kier alpha value is -7.05. The van der Waals surface area contributed by atoms with E-state index in [1.54, 1.807) is 0 Å². The van der Waals surface area contributed by atoms with Gasteiger partial charge in [0.05, 0.1) is 22.1 Å². The molecule has 11 aromatic rings. The first kappa shape index (κ1) is 27.9. The largest absolute Gasteiger partial charge is 0.456 e. The van der Waals surface area contributed by atoms with Crippen LogP contribution in [-0.2, 0) is 0 Å². The molecule has 11 rings (SSSR count). The van der Waals surface area contributed by atoms with Gasteiger partial charge in [0.25, 0.3) is 0 Å². The van der Waals surface area contributed by atoms with Crippen molar-refractivity contribution in [2.45, 2.75) is 0 Å². The Morgan fingerprint density at radius 2 is 0.882 bits per heavy atom. The molecule has 0 aliphatic heterocycles. The molecule has 7 aromatic carbocycles. The number of hydrogen-bond donors (Lipinski definition) is 0. The standard InChI is InChI=1S/C45H27N5O/c1-4-14-28(15-5-1)43-46-44(29-16-6-2-7-17-29)48-45(47-43)50-35-25-24-34-39(31-20-10-12-22-33(31)49(34)30-18-8-3-9-19-30)41(35)42-36(50)26-27-38-40(42)32-21-11-13-23-37(32)51-38/h1-27H. The van der Waals surface area contributed by atoms with Crippen LogP contribution >= 0.6 is 0 Å². The van der Waals surface area contributed by atoms with E-state index >= 15 is 0 Å². The van der Waals surface area contributed by atoms with E-state index in [0.29, 0.717) is 17.6 Å². The van der Waals surface area contributed by atoms with Gasteiger partial charge in [0.1, 0.15) is 11.2 Å². The molecule has 6 heteroatoms. The molecular formula is C45H27N5O. The van der Waals surface area contributed by atoms with E-state index in [0.717, 1.165) is 71.6 Å². The molecule has 0 N–H and O–H groups in total. The highest BCUT2D eigenvalue weighted by atomic mass is 16.3. The van der Waals surface area contributed by atoms with Crippen molar-refractivity contribution < 1.29 is 4.42 Å². The summed E-state index contributed by atoms with van der Waals surface area (Å²) in [6, 6.07) is 56.5. The SMILES string of the molecule is c1ccc(-c2nc(-c3ccccc3)nc(-n3c4ccc5oc6ccccc6c5c4c4c5c6ccccc6n(-c6ccccc6)c5ccc43)n2)cc1. The fraction of sp³-hybridized carbons (Fsp3) is 0. The maximum absolute atomic E-state index is 6.50. The summed E-state index contributed by atoms with van der Waals surface area (Å²) in [5.41, 5.74) is 8.95. The van der Waals surface area contributed by atoms with Gasteiger partial charge >= 0.3 is 0 Å². The van der Waals surface area contributed by atoms with Crippen LogP contribution in [0, 0.1) is 0 Å². The third-order valence-corrected chi connectivity index (χ3v) is 9.97. The Morgan fingerprint density at radius 3 is 1.57 bits per heavy atom. The number of hydrogen-bond acceptors (Lipinski definition) is 4. The monoisotopic (exact) mass is 653 g/mol. The molecule has 0 unspecified atom stereocenters. The first-order valence-electron chi connectivity index (χ1n) is 17.0. The van der Waals surface area contributed by atoms with Crippen LogP contribution < -0.4 is 0 Å². The van der Waals surface area contributed by atoms with Crippen LogP contribution in [0.2, 0.25) is 0 Å². The van der Waals surface area contributed by atoms with Crippen LogP contribution in [0.3, 0.4) is 0 Å². The fourth-order valence-corrected chi connectivity index (χ4v) is 7.83. The van der Waals surface area contributed by atoms with E-state index in [2.05, 4.69) is 100 Å². The highest BCUT2D eigenvalue weighted by Gasteiger charge is 2.25. The Balaban J connectivity index is 1.35. The molecule has 238 valence electrons. The van der Waals surface area contributed by atoms with E-state index in [4.69, 9.17) is 19.4 Å². The minimum absolute atomic E-state index is 0.556. The van der Waals surface area contributed by atoms with Crippen LogP contribution in [0.5, 0.6) is 0 Å². The fourth-order valence-electron chi connectivity index (χ4n) is 7.83. The van der Waals surface area contributed by atoms with Gasteiger partial charge in [0, 0.05) is 49.1 Å². The van der Waals surface area contributed by atoms with E-state index in [1.807, 2.05) is 72.8 Å². The predicted octanol–water partition coefficient (Wildman–Crippen LogP) is 11.3. The predicted molar refractivity (Wildman–Crippen MR) is 207 cm³/mol. The quantitative estimate of drug-likeness (QED) is 0.190. The van der Waals surface area contributed by atoms with Gasteiger partial charge in [-0.2, -0.15) is 9.97 Å². The van der Waals surface area contributed by atoms with Crippen molar-refractivity contribution in [1.82, 2.24) is 24.1 Å². The van der Waals surface area contributed by atoms with Gasteiger partial charge in [-0.3, -0.25) is 4.57 Å². The third-order valence-electron chi connectivity index (χ3n) is 9.97. The second kappa shape index (κ2) is 10.7. The summed E-state index contributed by atoms with van der Waals surface area (Å²) < 4.78 is 11.1. The van der Waals surface area contributed by atoms with Gasteiger partial charge in [0.2, 0.25) is 5.95 Å². The van der Waals surface area contributed by atoms with E-state index in [1.165, 1.54) is 10.8 Å². The van der Waals surface area contributed by atoms with E-state index in [9.17, 15) is 0 Å². The lowest BCUT2D eigenvalue weighted by molar-refractivity contribution is 0.669. The maximum Gasteiger partial charge on any atom is 0.238 e. The van der Waals surface area contributed by atoms with Crippen LogP contribution in [0.25, 0.3) is 100.0 Å².